The number of ketones is 1. The Morgan fingerprint density at radius 3 is 1.54 bits per heavy atom. The van der Waals surface area contributed by atoms with Crippen LogP contribution in [0, 0.1) is 0 Å². The molecule has 0 radical (unpaired) electrons. The summed E-state index contributed by atoms with van der Waals surface area (Å²) >= 11 is 0. The predicted octanol–water partition coefficient (Wildman–Crippen LogP) is 4.81. The van der Waals surface area contributed by atoms with Crippen molar-refractivity contribution in [2.45, 2.75) is 33.1 Å². The molecule has 0 saturated heterocycles. The molecule has 39 heavy (non-hydrogen) atoms. The second kappa shape index (κ2) is 14.6. The molecule has 1 saturated carbocycles. The zero-order valence-electron chi connectivity index (χ0n) is 22.7. The van der Waals surface area contributed by atoms with Gasteiger partial charge in [0.05, 0.1) is 27.4 Å². The van der Waals surface area contributed by atoms with Crippen LogP contribution in [0.5, 0.6) is 23.0 Å². The van der Waals surface area contributed by atoms with Gasteiger partial charge in [0, 0.05) is 11.1 Å². The van der Waals surface area contributed by atoms with Gasteiger partial charge in [-0.3, -0.25) is 4.79 Å². The molecule has 9 nitrogen and oxygen atoms in total. The summed E-state index contributed by atoms with van der Waals surface area (Å²) in [5.41, 5.74) is 2.95. The van der Waals surface area contributed by atoms with Crippen molar-refractivity contribution in [2.24, 2.45) is 0 Å². The first-order valence-corrected chi connectivity index (χ1v) is 12.8. The van der Waals surface area contributed by atoms with E-state index in [1.165, 1.54) is 14.2 Å². The molecule has 208 valence electrons. The van der Waals surface area contributed by atoms with Crippen molar-refractivity contribution in [1.82, 2.24) is 0 Å². The number of carbonyl (C=O) groups excluding carboxylic acids is 3. The molecule has 0 aromatic heterocycles. The number of methoxy groups -OCH3 is 2. The molecule has 1 fully saturated rings. The number of hydrogen-bond donors (Lipinski definition) is 0. The smallest absolute Gasteiger partial charge is 0.344 e. The van der Waals surface area contributed by atoms with Crippen molar-refractivity contribution < 1.29 is 42.8 Å². The van der Waals surface area contributed by atoms with Crippen LogP contribution in [0.3, 0.4) is 0 Å². The van der Waals surface area contributed by atoms with Gasteiger partial charge in [-0.2, -0.15) is 0 Å². The maximum atomic E-state index is 13.3. The molecule has 1 aliphatic carbocycles. The largest absolute Gasteiger partial charge is 0.493 e. The number of benzene rings is 2. The normalized spacial score (nSPS) is 15.1. The Hall–Kier alpha value is -4.27. The zero-order valence-corrected chi connectivity index (χ0v) is 22.7. The Kier molecular flexibility index (Phi) is 11.0. The Morgan fingerprint density at radius 1 is 0.718 bits per heavy atom. The van der Waals surface area contributed by atoms with Gasteiger partial charge < -0.3 is 28.4 Å². The van der Waals surface area contributed by atoms with Crippen LogP contribution >= 0.6 is 0 Å². The van der Waals surface area contributed by atoms with Gasteiger partial charge in [-0.05, 0) is 80.7 Å². The highest BCUT2D eigenvalue weighted by atomic mass is 16.6. The molecule has 2 aromatic carbocycles. The SMILES string of the molecule is CCOC(=O)COc1ccc(C=C2CCCC(=Cc3ccc(OCC(=O)OCC)c(OC)c3)C2=O)cc1OC. The quantitative estimate of drug-likeness (QED) is 0.278. The minimum absolute atomic E-state index is 0.0236. The van der Waals surface area contributed by atoms with Crippen molar-refractivity contribution in [2.75, 3.05) is 40.6 Å². The third kappa shape index (κ3) is 8.36. The average molecular weight is 539 g/mol. The van der Waals surface area contributed by atoms with Crippen molar-refractivity contribution in [1.29, 1.82) is 0 Å². The van der Waals surface area contributed by atoms with Crippen LogP contribution < -0.4 is 18.9 Å². The van der Waals surface area contributed by atoms with Gasteiger partial charge in [-0.25, -0.2) is 9.59 Å². The molecule has 0 spiro atoms. The number of Topliss-reactive ketones (excluding diaryl/α,β-unsaturated/α-hetero) is 1. The predicted molar refractivity (Wildman–Crippen MR) is 145 cm³/mol. The van der Waals surface area contributed by atoms with E-state index in [0.29, 0.717) is 47.0 Å². The highest BCUT2D eigenvalue weighted by Gasteiger charge is 2.21. The molecule has 9 heteroatoms. The van der Waals surface area contributed by atoms with Gasteiger partial charge in [-0.15, -0.1) is 0 Å². The standard InChI is InChI=1S/C30H34O9/c1-5-36-28(31)18-38-24-12-10-20(16-26(24)34-3)14-22-8-7-9-23(30(22)33)15-21-11-13-25(27(17-21)35-4)39-19-29(32)37-6-2/h10-17H,5-9,18-19H2,1-4H3. The highest BCUT2D eigenvalue weighted by Crippen LogP contribution is 2.33. The summed E-state index contributed by atoms with van der Waals surface area (Å²) in [5, 5.41) is 0. The summed E-state index contributed by atoms with van der Waals surface area (Å²) in [5.74, 6) is 0.766. The summed E-state index contributed by atoms with van der Waals surface area (Å²) in [6.45, 7) is 3.57. The summed E-state index contributed by atoms with van der Waals surface area (Å²) < 4.78 is 31.6. The van der Waals surface area contributed by atoms with Crippen LogP contribution in [0.2, 0.25) is 0 Å². The molecule has 0 amide bonds. The van der Waals surface area contributed by atoms with E-state index >= 15 is 0 Å². The summed E-state index contributed by atoms with van der Waals surface area (Å²) in [4.78, 5) is 36.5. The van der Waals surface area contributed by atoms with Gasteiger partial charge in [0.15, 0.2) is 42.0 Å². The van der Waals surface area contributed by atoms with E-state index in [4.69, 9.17) is 28.4 Å². The summed E-state index contributed by atoms with van der Waals surface area (Å²) in [7, 11) is 3.02. The third-order valence-corrected chi connectivity index (χ3v) is 5.83. The lowest BCUT2D eigenvalue weighted by atomic mass is 9.87. The van der Waals surface area contributed by atoms with E-state index in [1.54, 1.807) is 50.2 Å². The molecule has 0 atom stereocenters. The monoisotopic (exact) mass is 538 g/mol. The molecule has 2 aromatic rings. The molecule has 3 rings (SSSR count). The van der Waals surface area contributed by atoms with E-state index in [2.05, 4.69) is 0 Å². The number of allylic oxidation sites excluding steroid dienone is 2. The molecular formula is C30H34O9. The summed E-state index contributed by atoms with van der Waals surface area (Å²) in [6, 6.07) is 10.5. The van der Waals surface area contributed by atoms with Crippen LogP contribution in [0.1, 0.15) is 44.2 Å². The maximum absolute atomic E-state index is 13.3. The molecule has 0 heterocycles. The van der Waals surface area contributed by atoms with E-state index in [1.807, 2.05) is 12.2 Å². The Balaban J connectivity index is 1.75. The van der Waals surface area contributed by atoms with Gasteiger partial charge in [0.25, 0.3) is 0 Å². The first kappa shape index (κ1) is 29.3. The molecular weight excluding hydrogens is 504 g/mol. The first-order chi connectivity index (χ1) is 18.9. The molecule has 1 aliphatic rings. The zero-order chi connectivity index (χ0) is 28.2. The van der Waals surface area contributed by atoms with Crippen molar-refractivity contribution >= 4 is 29.9 Å². The summed E-state index contributed by atoms with van der Waals surface area (Å²) in [6.07, 6.45) is 5.84. The van der Waals surface area contributed by atoms with Crippen LogP contribution in [-0.2, 0) is 23.9 Å². The lowest BCUT2D eigenvalue weighted by molar-refractivity contribution is -0.146. The fraction of sp³-hybridized carbons (Fsp3) is 0.367. The number of esters is 2. The average Bonchev–Trinajstić information content (AvgIpc) is 2.93. The molecule has 0 bridgehead atoms. The number of hydrogen-bond acceptors (Lipinski definition) is 9. The fourth-order valence-electron chi connectivity index (χ4n) is 4.05. The number of carbonyl (C=O) groups is 3. The maximum Gasteiger partial charge on any atom is 0.344 e. The van der Waals surface area contributed by atoms with Crippen molar-refractivity contribution in [3.8, 4) is 23.0 Å². The third-order valence-electron chi connectivity index (χ3n) is 5.83. The first-order valence-electron chi connectivity index (χ1n) is 12.8. The van der Waals surface area contributed by atoms with Crippen LogP contribution in [0.4, 0.5) is 0 Å². The van der Waals surface area contributed by atoms with Crippen LogP contribution in [-0.4, -0.2) is 58.4 Å². The van der Waals surface area contributed by atoms with Crippen molar-refractivity contribution in [3.63, 3.8) is 0 Å². The highest BCUT2D eigenvalue weighted by molar-refractivity contribution is 6.14. The van der Waals surface area contributed by atoms with Crippen molar-refractivity contribution in [3.05, 3.63) is 58.7 Å². The number of rotatable bonds is 12. The topological polar surface area (TPSA) is 107 Å². The van der Waals surface area contributed by atoms with Gasteiger partial charge in [-0.1, -0.05) is 12.1 Å². The Labute approximate surface area is 228 Å². The van der Waals surface area contributed by atoms with E-state index in [0.717, 1.165) is 17.5 Å². The van der Waals surface area contributed by atoms with Gasteiger partial charge in [0.2, 0.25) is 0 Å². The van der Waals surface area contributed by atoms with E-state index in [9.17, 15) is 14.4 Å². The second-order valence-corrected chi connectivity index (χ2v) is 8.53. The molecule has 0 unspecified atom stereocenters. The lowest BCUT2D eigenvalue weighted by Crippen LogP contribution is -2.15. The fourth-order valence-corrected chi connectivity index (χ4v) is 4.05. The minimum atomic E-state index is -0.464. The van der Waals surface area contributed by atoms with Gasteiger partial charge >= 0.3 is 11.9 Å². The number of ether oxygens (including phenoxy) is 6. The second-order valence-electron chi connectivity index (χ2n) is 8.53. The van der Waals surface area contributed by atoms with E-state index < -0.39 is 11.9 Å². The Bertz CT molecular complexity index is 1150. The van der Waals surface area contributed by atoms with Crippen LogP contribution in [0.15, 0.2) is 47.5 Å². The lowest BCUT2D eigenvalue weighted by Gasteiger charge is -2.17. The minimum Gasteiger partial charge on any atom is -0.493 e. The van der Waals surface area contributed by atoms with Gasteiger partial charge in [0.1, 0.15) is 0 Å². The van der Waals surface area contributed by atoms with E-state index in [-0.39, 0.29) is 32.2 Å². The van der Waals surface area contributed by atoms with Crippen LogP contribution in [0.25, 0.3) is 12.2 Å². The molecule has 0 aliphatic heterocycles. The molecule has 0 N–H and O–H groups in total. The Morgan fingerprint density at radius 2 is 1.15 bits per heavy atom.